The van der Waals surface area contributed by atoms with Gasteiger partial charge in [-0.1, -0.05) is 13.0 Å². The SMILES string of the molecule is COc1ccc(CC(C)C(=O)N(C)C2CCS(=O)(=O)C2)cc1OC. The van der Waals surface area contributed by atoms with Crippen molar-refractivity contribution in [3.05, 3.63) is 23.8 Å². The fourth-order valence-corrected chi connectivity index (χ4v) is 4.83. The Morgan fingerprint density at radius 3 is 2.50 bits per heavy atom. The molecule has 1 aromatic rings. The highest BCUT2D eigenvalue weighted by Gasteiger charge is 2.34. The zero-order valence-electron chi connectivity index (χ0n) is 14.6. The van der Waals surface area contributed by atoms with Crippen LogP contribution in [0.4, 0.5) is 0 Å². The molecule has 1 heterocycles. The lowest BCUT2D eigenvalue weighted by Crippen LogP contribution is -2.41. The first-order chi connectivity index (χ1) is 11.3. The van der Waals surface area contributed by atoms with Gasteiger partial charge in [0.15, 0.2) is 21.3 Å². The van der Waals surface area contributed by atoms with E-state index in [9.17, 15) is 13.2 Å². The summed E-state index contributed by atoms with van der Waals surface area (Å²) in [5.74, 6) is 1.24. The van der Waals surface area contributed by atoms with Crippen LogP contribution in [0.2, 0.25) is 0 Å². The monoisotopic (exact) mass is 355 g/mol. The Hall–Kier alpha value is -1.76. The van der Waals surface area contributed by atoms with Crippen molar-refractivity contribution in [2.45, 2.75) is 25.8 Å². The van der Waals surface area contributed by atoms with Gasteiger partial charge in [-0.05, 0) is 30.5 Å². The Balaban J connectivity index is 2.03. The highest BCUT2D eigenvalue weighted by Crippen LogP contribution is 2.29. The van der Waals surface area contributed by atoms with Crippen LogP contribution in [-0.4, -0.2) is 58.0 Å². The van der Waals surface area contributed by atoms with Crippen molar-refractivity contribution in [1.82, 2.24) is 4.90 Å². The van der Waals surface area contributed by atoms with Crippen LogP contribution in [0.3, 0.4) is 0 Å². The Morgan fingerprint density at radius 1 is 1.29 bits per heavy atom. The Labute approximate surface area is 143 Å². The minimum atomic E-state index is -3.00. The molecule has 0 N–H and O–H groups in total. The van der Waals surface area contributed by atoms with E-state index in [1.165, 1.54) is 0 Å². The summed E-state index contributed by atoms with van der Waals surface area (Å²) in [6.07, 6.45) is 1.08. The van der Waals surface area contributed by atoms with Crippen molar-refractivity contribution >= 4 is 15.7 Å². The molecule has 1 aliphatic heterocycles. The molecule has 1 aliphatic rings. The maximum absolute atomic E-state index is 12.6. The van der Waals surface area contributed by atoms with Gasteiger partial charge in [0.25, 0.3) is 0 Å². The maximum Gasteiger partial charge on any atom is 0.225 e. The normalized spacial score (nSPS) is 20.4. The van der Waals surface area contributed by atoms with Crippen molar-refractivity contribution in [3.8, 4) is 11.5 Å². The van der Waals surface area contributed by atoms with Crippen LogP contribution >= 0.6 is 0 Å². The molecule has 1 amide bonds. The van der Waals surface area contributed by atoms with Gasteiger partial charge in [0.05, 0.1) is 25.7 Å². The predicted molar refractivity (Wildman–Crippen MR) is 92.2 cm³/mol. The number of hydrogen-bond donors (Lipinski definition) is 0. The third-order valence-corrected chi connectivity index (χ3v) is 6.27. The lowest BCUT2D eigenvalue weighted by atomic mass is 9.98. The fraction of sp³-hybridized carbons (Fsp3) is 0.588. The summed E-state index contributed by atoms with van der Waals surface area (Å²) < 4.78 is 33.7. The zero-order chi connectivity index (χ0) is 17.9. The standard InChI is InChI=1S/C17H25NO5S/c1-12(9-13-5-6-15(22-3)16(10-13)23-4)17(19)18(2)14-7-8-24(20,21)11-14/h5-6,10,12,14H,7-9,11H2,1-4H3. The predicted octanol–water partition coefficient (Wildman–Crippen LogP) is 1.53. The van der Waals surface area contributed by atoms with Crippen LogP contribution in [0, 0.1) is 5.92 Å². The fourth-order valence-electron chi connectivity index (χ4n) is 3.06. The van der Waals surface area contributed by atoms with E-state index in [0.29, 0.717) is 24.3 Å². The summed E-state index contributed by atoms with van der Waals surface area (Å²) in [6, 6.07) is 5.38. The second kappa shape index (κ2) is 7.42. The molecule has 1 fully saturated rings. The molecule has 0 radical (unpaired) electrons. The highest BCUT2D eigenvalue weighted by atomic mass is 32.2. The van der Waals surface area contributed by atoms with Crippen LogP contribution in [0.1, 0.15) is 18.9 Å². The van der Waals surface area contributed by atoms with E-state index in [2.05, 4.69) is 0 Å². The first-order valence-electron chi connectivity index (χ1n) is 7.95. The topological polar surface area (TPSA) is 72.9 Å². The molecule has 134 valence electrons. The zero-order valence-corrected chi connectivity index (χ0v) is 15.4. The molecule has 0 aliphatic carbocycles. The van der Waals surface area contributed by atoms with Crippen LogP contribution in [-0.2, 0) is 21.1 Å². The first-order valence-corrected chi connectivity index (χ1v) is 9.77. The van der Waals surface area contributed by atoms with Crippen LogP contribution < -0.4 is 9.47 Å². The molecule has 0 bridgehead atoms. The van der Waals surface area contributed by atoms with E-state index in [1.54, 1.807) is 26.2 Å². The van der Waals surface area contributed by atoms with Gasteiger partial charge in [0, 0.05) is 19.0 Å². The van der Waals surface area contributed by atoms with Gasteiger partial charge in [0.1, 0.15) is 0 Å². The molecule has 0 aromatic heterocycles. The van der Waals surface area contributed by atoms with Crippen LogP contribution in [0.15, 0.2) is 18.2 Å². The van der Waals surface area contributed by atoms with Crippen molar-refractivity contribution in [2.24, 2.45) is 5.92 Å². The van der Waals surface area contributed by atoms with Gasteiger partial charge in [0.2, 0.25) is 5.91 Å². The molecule has 6 nitrogen and oxygen atoms in total. The van der Waals surface area contributed by atoms with Gasteiger partial charge in [-0.3, -0.25) is 4.79 Å². The number of amides is 1. The number of hydrogen-bond acceptors (Lipinski definition) is 5. The van der Waals surface area contributed by atoms with Gasteiger partial charge in [-0.15, -0.1) is 0 Å². The first kappa shape index (κ1) is 18.6. The molecule has 24 heavy (non-hydrogen) atoms. The number of methoxy groups -OCH3 is 2. The van der Waals surface area contributed by atoms with Crippen LogP contribution in [0.25, 0.3) is 0 Å². The van der Waals surface area contributed by atoms with Gasteiger partial charge < -0.3 is 14.4 Å². The number of carbonyl (C=O) groups is 1. The number of benzene rings is 1. The number of sulfone groups is 1. The average Bonchev–Trinajstić information content (AvgIpc) is 2.93. The average molecular weight is 355 g/mol. The Bertz CT molecular complexity index is 701. The molecule has 1 aromatic carbocycles. The highest BCUT2D eigenvalue weighted by molar-refractivity contribution is 7.91. The van der Waals surface area contributed by atoms with Crippen molar-refractivity contribution in [3.63, 3.8) is 0 Å². The van der Waals surface area contributed by atoms with E-state index < -0.39 is 9.84 Å². The van der Waals surface area contributed by atoms with Crippen LogP contribution in [0.5, 0.6) is 11.5 Å². The number of rotatable bonds is 6. The molecule has 2 unspecified atom stereocenters. The molecule has 7 heteroatoms. The summed E-state index contributed by atoms with van der Waals surface area (Å²) in [7, 11) is 1.85. The molecule has 0 spiro atoms. The second-order valence-electron chi connectivity index (χ2n) is 6.30. The smallest absolute Gasteiger partial charge is 0.225 e. The third kappa shape index (κ3) is 4.20. The van der Waals surface area contributed by atoms with Crippen molar-refractivity contribution < 1.29 is 22.7 Å². The number of nitrogens with zero attached hydrogens (tertiary/aromatic N) is 1. The van der Waals surface area contributed by atoms with E-state index in [1.807, 2.05) is 25.1 Å². The number of ether oxygens (including phenoxy) is 2. The van der Waals surface area contributed by atoms with E-state index >= 15 is 0 Å². The van der Waals surface area contributed by atoms with Gasteiger partial charge in [-0.2, -0.15) is 0 Å². The number of carbonyl (C=O) groups excluding carboxylic acids is 1. The Kier molecular flexibility index (Phi) is 5.74. The van der Waals surface area contributed by atoms with E-state index in [-0.39, 0.29) is 29.4 Å². The molecular weight excluding hydrogens is 330 g/mol. The molecule has 2 atom stereocenters. The van der Waals surface area contributed by atoms with Crippen molar-refractivity contribution in [2.75, 3.05) is 32.8 Å². The quantitative estimate of drug-likeness (QED) is 0.774. The van der Waals surface area contributed by atoms with E-state index in [0.717, 1.165) is 5.56 Å². The second-order valence-corrected chi connectivity index (χ2v) is 8.53. The van der Waals surface area contributed by atoms with E-state index in [4.69, 9.17) is 9.47 Å². The van der Waals surface area contributed by atoms with Gasteiger partial charge >= 0.3 is 0 Å². The summed E-state index contributed by atoms with van der Waals surface area (Å²) in [5, 5.41) is 0. The minimum absolute atomic E-state index is 0.0353. The molecule has 2 rings (SSSR count). The van der Waals surface area contributed by atoms with Gasteiger partial charge in [-0.25, -0.2) is 8.42 Å². The minimum Gasteiger partial charge on any atom is -0.493 e. The molecule has 0 saturated carbocycles. The summed E-state index contributed by atoms with van der Waals surface area (Å²) >= 11 is 0. The summed E-state index contributed by atoms with van der Waals surface area (Å²) in [6.45, 7) is 1.86. The van der Waals surface area contributed by atoms with Crippen molar-refractivity contribution in [1.29, 1.82) is 0 Å². The Morgan fingerprint density at radius 2 is 1.96 bits per heavy atom. The maximum atomic E-state index is 12.6. The lowest BCUT2D eigenvalue weighted by Gasteiger charge is -2.26. The lowest BCUT2D eigenvalue weighted by molar-refractivity contribution is -0.135. The largest absolute Gasteiger partial charge is 0.493 e. The summed E-state index contributed by atoms with van der Waals surface area (Å²) in [4.78, 5) is 14.2. The summed E-state index contributed by atoms with van der Waals surface area (Å²) in [5.41, 5.74) is 0.973. The third-order valence-electron chi connectivity index (χ3n) is 4.52. The molecular formula is C17H25NO5S. The molecule has 1 saturated heterocycles.